The van der Waals surface area contributed by atoms with Gasteiger partial charge in [-0.25, -0.2) is 0 Å². The molecule has 2 amide bonds. The van der Waals surface area contributed by atoms with E-state index in [1.54, 1.807) is 7.05 Å². The number of likely N-dealkylation sites (tertiary alicyclic amines) is 1. The lowest BCUT2D eigenvalue weighted by Gasteiger charge is -2.41. The van der Waals surface area contributed by atoms with Crippen molar-refractivity contribution in [2.45, 2.75) is 39.0 Å². The molecular weight excluding hydrogens is 360 g/mol. The number of nitrogens with zero attached hydrogens (tertiary/aromatic N) is 1. The molecule has 1 N–H and O–H groups in total. The van der Waals surface area contributed by atoms with E-state index in [4.69, 9.17) is 0 Å². The summed E-state index contributed by atoms with van der Waals surface area (Å²) in [5.74, 6) is 0.491. The molecule has 1 saturated heterocycles. The molecule has 4 heteroatoms. The fourth-order valence-corrected chi connectivity index (χ4v) is 4.54. The van der Waals surface area contributed by atoms with Gasteiger partial charge < -0.3 is 10.2 Å². The smallest absolute Gasteiger partial charge is 0.228 e. The molecule has 29 heavy (non-hydrogen) atoms. The first kappa shape index (κ1) is 19.7. The summed E-state index contributed by atoms with van der Waals surface area (Å²) in [6.07, 6.45) is 4.37. The van der Waals surface area contributed by atoms with E-state index in [1.165, 1.54) is 16.7 Å². The van der Waals surface area contributed by atoms with Crippen LogP contribution in [0.15, 0.2) is 48.5 Å². The Morgan fingerprint density at radius 2 is 1.66 bits per heavy atom. The molecule has 0 aromatic heterocycles. The third kappa shape index (κ3) is 4.21. The van der Waals surface area contributed by atoms with Gasteiger partial charge >= 0.3 is 0 Å². The molecule has 4 nitrogen and oxygen atoms in total. The highest BCUT2D eigenvalue weighted by molar-refractivity contribution is 5.86. The number of carbonyl (C=O) groups is 2. The van der Waals surface area contributed by atoms with Crippen molar-refractivity contribution in [3.63, 3.8) is 0 Å². The van der Waals surface area contributed by atoms with Crippen LogP contribution in [-0.2, 0) is 16.0 Å². The first-order valence-electron chi connectivity index (χ1n) is 10.7. The second-order valence-corrected chi connectivity index (χ2v) is 8.74. The summed E-state index contributed by atoms with van der Waals surface area (Å²) in [7, 11) is 1.70. The number of hydrogen-bond acceptors (Lipinski definition) is 2. The minimum absolute atomic E-state index is 0.0495. The van der Waals surface area contributed by atoms with E-state index in [0.29, 0.717) is 13.0 Å². The molecule has 152 valence electrons. The van der Waals surface area contributed by atoms with Crippen molar-refractivity contribution in [1.29, 1.82) is 0 Å². The van der Waals surface area contributed by atoms with E-state index in [2.05, 4.69) is 60.8 Å². The third-order valence-corrected chi connectivity index (χ3v) is 6.41. The van der Waals surface area contributed by atoms with Crippen molar-refractivity contribution in [1.82, 2.24) is 10.2 Å². The Bertz CT molecular complexity index is 884. The zero-order chi connectivity index (χ0) is 20.4. The lowest BCUT2D eigenvalue weighted by Crippen LogP contribution is -2.54. The predicted molar refractivity (Wildman–Crippen MR) is 115 cm³/mol. The molecule has 2 aliphatic rings. The molecule has 4 rings (SSSR count). The van der Waals surface area contributed by atoms with E-state index in [0.717, 1.165) is 37.8 Å². The number of piperidine rings is 1. The molecule has 1 heterocycles. The van der Waals surface area contributed by atoms with Crippen LogP contribution in [0.4, 0.5) is 0 Å². The van der Waals surface area contributed by atoms with Crippen molar-refractivity contribution in [2.24, 2.45) is 11.3 Å². The molecule has 2 fully saturated rings. The zero-order valence-electron chi connectivity index (χ0n) is 17.4. The molecular formula is C25H30N2O2. The fraction of sp³-hybridized carbons (Fsp3) is 0.440. The average molecular weight is 391 g/mol. The lowest BCUT2D eigenvalue weighted by molar-refractivity contribution is -0.142. The average Bonchev–Trinajstić information content (AvgIpc) is 3.59. The van der Waals surface area contributed by atoms with E-state index in [9.17, 15) is 9.59 Å². The van der Waals surface area contributed by atoms with Crippen molar-refractivity contribution >= 4 is 11.8 Å². The summed E-state index contributed by atoms with van der Waals surface area (Å²) in [4.78, 5) is 27.5. The maximum absolute atomic E-state index is 12.9. The van der Waals surface area contributed by atoms with Gasteiger partial charge in [-0.05, 0) is 55.7 Å². The molecule has 1 atom stereocenters. The second kappa shape index (κ2) is 8.02. The maximum atomic E-state index is 12.9. The standard InChI is InChI=1S/C25H30N2O2/c1-18-4-8-20(9-5-18)21-10-6-19(7-11-21)16-25(24(29)26-2)14-3-15-27(17-25)23(28)22-12-13-22/h4-11,22H,3,12-17H2,1-2H3,(H,26,29)/t25-/m0/s1. The number of aryl methyl sites for hydroxylation is 1. The highest BCUT2D eigenvalue weighted by Gasteiger charge is 2.45. The first-order chi connectivity index (χ1) is 14.0. The Balaban J connectivity index is 1.54. The van der Waals surface area contributed by atoms with Gasteiger partial charge in [-0.2, -0.15) is 0 Å². The Morgan fingerprint density at radius 1 is 1.03 bits per heavy atom. The van der Waals surface area contributed by atoms with E-state index >= 15 is 0 Å². The Morgan fingerprint density at radius 3 is 2.24 bits per heavy atom. The van der Waals surface area contributed by atoms with Crippen molar-refractivity contribution in [2.75, 3.05) is 20.1 Å². The van der Waals surface area contributed by atoms with Gasteiger partial charge in [-0.15, -0.1) is 0 Å². The van der Waals surface area contributed by atoms with Crippen LogP contribution < -0.4 is 5.32 Å². The molecule has 1 aliphatic carbocycles. The van der Waals surface area contributed by atoms with Crippen molar-refractivity contribution < 1.29 is 9.59 Å². The number of nitrogens with one attached hydrogen (secondary N) is 1. The minimum atomic E-state index is -0.539. The van der Waals surface area contributed by atoms with Crippen LogP contribution in [-0.4, -0.2) is 36.9 Å². The zero-order valence-corrected chi connectivity index (χ0v) is 17.4. The maximum Gasteiger partial charge on any atom is 0.228 e. The van der Waals surface area contributed by atoms with E-state index in [-0.39, 0.29) is 17.7 Å². The number of carbonyl (C=O) groups excluding carboxylic acids is 2. The molecule has 1 aliphatic heterocycles. The summed E-state index contributed by atoms with van der Waals surface area (Å²) in [6.45, 7) is 3.40. The monoisotopic (exact) mass is 390 g/mol. The molecule has 0 bridgehead atoms. The van der Waals surface area contributed by atoms with Crippen LogP contribution in [0.2, 0.25) is 0 Å². The minimum Gasteiger partial charge on any atom is -0.359 e. The molecule has 2 aromatic rings. The highest BCUT2D eigenvalue weighted by Crippen LogP contribution is 2.38. The van der Waals surface area contributed by atoms with Gasteiger partial charge in [0, 0.05) is 26.1 Å². The summed E-state index contributed by atoms with van der Waals surface area (Å²) >= 11 is 0. The summed E-state index contributed by atoms with van der Waals surface area (Å²) in [5, 5.41) is 2.87. The Kier molecular flexibility index (Phi) is 5.44. The van der Waals surface area contributed by atoms with E-state index in [1.807, 2.05) is 4.90 Å². The second-order valence-electron chi connectivity index (χ2n) is 8.74. The number of amides is 2. The summed E-state index contributed by atoms with van der Waals surface area (Å²) in [6, 6.07) is 17.0. The largest absolute Gasteiger partial charge is 0.359 e. The Hall–Kier alpha value is -2.62. The number of benzene rings is 2. The normalized spacial score (nSPS) is 21.7. The first-order valence-corrected chi connectivity index (χ1v) is 10.7. The summed E-state index contributed by atoms with van der Waals surface area (Å²) in [5.41, 5.74) is 4.23. The molecule has 0 unspecified atom stereocenters. The van der Waals surface area contributed by atoms with Crippen molar-refractivity contribution in [3.8, 4) is 11.1 Å². The van der Waals surface area contributed by atoms with Gasteiger partial charge in [0.25, 0.3) is 0 Å². The van der Waals surface area contributed by atoms with Gasteiger partial charge in [-0.3, -0.25) is 9.59 Å². The third-order valence-electron chi connectivity index (χ3n) is 6.41. The van der Waals surface area contributed by atoms with Crippen LogP contribution in [0.3, 0.4) is 0 Å². The molecule has 2 aromatic carbocycles. The van der Waals surface area contributed by atoms with Crippen LogP contribution >= 0.6 is 0 Å². The molecule has 0 spiro atoms. The van der Waals surface area contributed by atoms with Gasteiger partial charge in [0.05, 0.1) is 5.41 Å². The van der Waals surface area contributed by atoms with Crippen LogP contribution in [0.25, 0.3) is 11.1 Å². The van der Waals surface area contributed by atoms with Crippen LogP contribution in [0.5, 0.6) is 0 Å². The van der Waals surface area contributed by atoms with Gasteiger partial charge in [-0.1, -0.05) is 54.1 Å². The topological polar surface area (TPSA) is 49.4 Å². The summed E-state index contributed by atoms with van der Waals surface area (Å²) < 4.78 is 0. The fourth-order valence-electron chi connectivity index (χ4n) is 4.54. The number of rotatable bonds is 5. The van der Waals surface area contributed by atoms with E-state index < -0.39 is 5.41 Å². The van der Waals surface area contributed by atoms with Gasteiger partial charge in [0.15, 0.2) is 0 Å². The van der Waals surface area contributed by atoms with Gasteiger partial charge in [0.1, 0.15) is 0 Å². The quantitative estimate of drug-likeness (QED) is 0.840. The molecule has 0 radical (unpaired) electrons. The SMILES string of the molecule is CNC(=O)[C@]1(Cc2ccc(-c3ccc(C)cc3)cc2)CCCN(C(=O)C2CC2)C1. The van der Waals surface area contributed by atoms with Crippen LogP contribution in [0.1, 0.15) is 36.8 Å². The van der Waals surface area contributed by atoms with Crippen molar-refractivity contribution in [3.05, 3.63) is 59.7 Å². The van der Waals surface area contributed by atoms with Gasteiger partial charge in [0.2, 0.25) is 11.8 Å². The highest BCUT2D eigenvalue weighted by atomic mass is 16.2. The number of hydrogen-bond donors (Lipinski definition) is 1. The Labute approximate surface area is 173 Å². The molecule has 1 saturated carbocycles. The lowest BCUT2D eigenvalue weighted by atomic mass is 9.74. The van der Waals surface area contributed by atoms with Crippen LogP contribution in [0, 0.1) is 18.3 Å². The predicted octanol–water partition coefficient (Wildman–Crippen LogP) is 3.97.